The SMILES string of the molecule is CC1(C)CC(OC(=O)Nc2cc(CCCC(=O)Nc3ccc(CO)cc3)ccc2-c2ccccc2)C2C3OC3C1N2I. The van der Waals surface area contributed by atoms with Gasteiger partial charge in [0.15, 0.2) is 0 Å². The molecule has 42 heavy (non-hydrogen) atoms. The van der Waals surface area contributed by atoms with Crippen LogP contribution in [0.2, 0.25) is 0 Å². The number of anilines is 2. The van der Waals surface area contributed by atoms with E-state index in [0.717, 1.165) is 28.7 Å². The quantitative estimate of drug-likeness (QED) is 0.139. The van der Waals surface area contributed by atoms with Crippen LogP contribution in [0.5, 0.6) is 0 Å². The van der Waals surface area contributed by atoms with E-state index in [9.17, 15) is 14.7 Å². The zero-order valence-electron chi connectivity index (χ0n) is 23.8. The second kappa shape index (κ2) is 11.9. The Balaban J connectivity index is 1.12. The van der Waals surface area contributed by atoms with Crippen molar-refractivity contribution in [3.05, 3.63) is 83.9 Å². The van der Waals surface area contributed by atoms with Gasteiger partial charge < -0.3 is 19.9 Å². The Bertz CT molecular complexity index is 1450. The van der Waals surface area contributed by atoms with Gasteiger partial charge in [0, 0.05) is 40.5 Å². The molecular formula is C33H36IN3O5. The molecule has 6 rings (SSSR count). The topological polar surface area (TPSA) is 103 Å². The Morgan fingerprint density at radius 2 is 1.76 bits per heavy atom. The molecule has 3 aliphatic rings. The molecule has 0 aromatic heterocycles. The van der Waals surface area contributed by atoms with Crippen molar-refractivity contribution in [3.63, 3.8) is 0 Å². The largest absolute Gasteiger partial charge is 0.444 e. The Kier molecular flexibility index (Phi) is 8.28. The van der Waals surface area contributed by atoms with Crippen molar-refractivity contribution in [2.24, 2.45) is 5.41 Å². The van der Waals surface area contributed by atoms with Crippen molar-refractivity contribution in [3.8, 4) is 11.1 Å². The normalized spacial score (nSPS) is 25.4. The van der Waals surface area contributed by atoms with Crippen LogP contribution in [0.3, 0.4) is 0 Å². The molecule has 3 fully saturated rings. The maximum absolute atomic E-state index is 13.3. The molecule has 5 atom stereocenters. The number of nitrogens with zero attached hydrogens (tertiary/aromatic N) is 1. The van der Waals surface area contributed by atoms with Crippen LogP contribution in [0.25, 0.3) is 11.1 Å². The summed E-state index contributed by atoms with van der Waals surface area (Å²) in [7, 11) is 0. The van der Waals surface area contributed by atoms with Crippen LogP contribution in [0.4, 0.5) is 16.2 Å². The molecule has 8 nitrogen and oxygen atoms in total. The van der Waals surface area contributed by atoms with E-state index in [1.165, 1.54) is 0 Å². The van der Waals surface area contributed by atoms with E-state index in [0.29, 0.717) is 36.7 Å². The monoisotopic (exact) mass is 681 g/mol. The van der Waals surface area contributed by atoms with Crippen molar-refractivity contribution in [1.82, 2.24) is 3.11 Å². The summed E-state index contributed by atoms with van der Waals surface area (Å²) < 4.78 is 14.4. The number of carbonyl (C=O) groups excluding carboxylic acids is 2. The molecule has 3 aromatic carbocycles. The number of benzene rings is 3. The van der Waals surface area contributed by atoms with Crippen LogP contribution in [0.15, 0.2) is 72.8 Å². The zero-order valence-corrected chi connectivity index (χ0v) is 25.9. The Hall–Kier alpha value is -2.99. The number of hydrogen-bond acceptors (Lipinski definition) is 6. The van der Waals surface area contributed by atoms with E-state index < -0.39 is 6.09 Å². The molecule has 3 aromatic rings. The van der Waals surface area contributed by atoms with Crippen molar-refractivity contribution in [2.45, 2.75) is 76.5 Å². The molecular weight excluding hydrogens is 645 g/mol. The number of epoxide rings is 1. The first kappa shape index (κ1) is 29.1. The van der Waals surface area contributed by atoms with Crippen molar-refractivity contribution in [2.75, 3.05) is 10.6 Å². The number of hydrogen-bond donors (Lipinski definition) is 3. The second-order valence-electron chi connectivity index (χ2n) is 12.1. The first-order valence-electron chi connectivity index (χ1n) is 14.5. The van der Waals surface area contributed by atoms with E-state index in [1.54, 1.807) is 24.3 Å². The van der Waals surface area contributed by atoms with Crippen molar-refractivity contribution < 1.29 is 24.2 Å². The van der Waals surface area contributed by atoms with Crippen molar-refractivity contribution >= 4 is 46.2 Å². The summed E-state index contributed by atoms with van der Waals surface area (Å²) in [5.74, 6) is -0.0645. The molecule has 9 heteroatoms. The molecule has 3 heterocycles. The zero-order chi connectivity index (χ0) is 29.4. The van der Waals surface area contributed by atoms with Crippen LogP contribution in [0, 0.1) is 5.41 Å². The first-order valence-corrected chi connectivity index (χ1v) is 15.5. The highest BCUT2D eigenvalue weighted by Gasteiger charge is 2.70. The van der Waals surface area contributed by atoms with Crippen LogP contribution < -0.4 is 10.6 Å². The number of amides is 2. The highest BCUT2D eigenvalue weighted by Crippen LogP contribution is 2.57. The number of piperidine rings is 1. The molecule has 3 N–H and O–H groups in total. The summed E-state index contributed by atoms with van der Waals surface area (Å²) >= 11 is 2.38. The van der Waals surface area contributed by atoms with E-state index in [-0.39, 0.29) is 42.3 Å². The van der Waals surface area contributed by atoms with Gasteiger partial charge in [-0.3, -0.25) is 10.1 Å². The lowest BCUT2D eigenvalue weighted by Gasteiger charge is -2.46. The predicted octanol–water partition coefficient (Wildman–Crippen LogP) is 6.32. The molecule has 0 saturated carbocycles. The third kappa shape index (κ3) is 6.06. The van der Waals surface area contributed by atoms with Crippen LogP contribution in [-0.2, 0) is 27.3 Å². The summed E-state index contributed by atoms with van der Waals surface area (Å²) in [5, 5.41) is 15.1. The molecule has 3 aliphatic heterocycles. The fourth-order valence-corrected chi connectivity index (χ4v) is 8.26. The number of carbonyl (C=O) groups is 2. The van der Waals surface area contributed by atoms with Crippen LogP contribution in [-0.4, -0.2) is 50.6 Å². The fraction of sp³-hybridized carbons (Fsp3) is 0.394. The average molecular weight is 682 g/mol. The van der Waals surface area contributed by atoms with Gasteiger partial charge in [0.25, 0.3) is 0 Å². The smallest absolute Gasteiger partial charge is 0.411 e. The number of morpholine rings is 1. The maximum atomic E-state index is 13.3. The summed E-state index contributed by atoms with van der Waals surface area (Å²) in [4.78, 5) is 25.8. The lowest BCUT2D eigenvalue weighted by molar-refractivity contribution is -0.116. The number of fused-ring (bicyclic) bond motifs is 5. The maximum Gasteiger partial charge on any atom is 0.411 e. The highest BCUT2D eigenvalue weighted by molar-refractivity contribution is 14.1. The van der Waals surface area contributed by atoms with Gasteiger partial charge in [-0.1, -0.05) is 68.4 Å². The fourth-order valence-electron chi connectivity index (χ4n) is 6.52. The molecule has 0 aliphatic carbocycles. The van der Waals surface area contributed by atoms with E-state index >= 15 is 0 Å². The number of halogens is 1. The predicted molar refractivity (Wildman–Crippen MR) is 170 cm³/mol. The lowest BCUT2D eigenvalue weighted by Crippen LogP contribution is -2.56. The minimum absolute atomic E-state index is 0.0250. The van der Waals surface area contributed by atoms with Gasteiger partial charge in [-0.25, -0.2) is 7.91 Å². The third-order valence-electron chi connectivity index (χ3n) is 8.62. The minimum Gasteiger partial charge on any atom is -0.444 e. The molecule has 0 radical (unpaired) electrons. The number of aliphatic hydroxyl groups is 1. The van der Waals surface area contributed by atoms with Gasteiger partial charge in [0.05, 0.1) is 24.4 Å². The Morgan fingerprint density at radius 3 is 2.50 bits per heavy atom. The number of rotatable bonds is 9. The van der Waals surface area contributed by atoms with Crippen LogP contribution in [0.1, 0.15) is 44.2 Å². The van der Waals surface area contributed by atoms with Crippen LogP contribution >= 0.6 is 22.9 Å². The summed E-state index contributed by atoms with van der Waals surface area (Å²) in [6.07, 6.45) is 2.13. The highest BCUT2D eigenvalue weighted by atomic mass is 127. The van der Waals surface area contributed by atoms with Gasteiger partial charge >= 0.3 is 6.09 Å². The summed E-state index contributed by atoms with van der Waals surface area (Å²) in [5.41, 5.74) is 5.09. The van der Waals surface area contributed by atoms with Gasteiger partial charge in [-0.05, 0) is 59.6 Å². The standard InChI is InChI=1S/C33H36IN3O5/c1-33(2)18-26(28-29-30(42-29)31(33)37(28)34)41-32(40)36-25-17-20(13-16-24(25)22-8-4-3-5-9-22)7-6-10-27(39)35-23-14-11-21(19-38)12-15-23/h3-5,8-9,11-17,26,28-31,38H,6-7,10,18-19H2,1-2H3,(H,35,39)(H,36,40). The average Bonchev–Trinajstić information content (AvgIpc) is 3.67. The molecule has 2 amide bonds. The minimum atomic E-state index is -0.468. The Labute approximate surface area is 260 Å². The molecule has 3 saturated heterocycles. The van der Waals surface area contributed by atoms with E-state index in [2.05, 4.69) is 50.5 Å². The third-order valence-corrected chi connectivity index (χ3v) is 9.87. The number of ether oxygens (including phenoxy) is 2. The van der Waals surface area contributed by atoms with Gasteiger partial charge in [0.2, 0.25) is 5.91 Å². The second-order valence-corrected chi connectivity index (χ2v) is 13.2. The number of aryl methyl sites for hydroxylation is 1. The first-order chi connectivity index (χ1) is 20.2. The molecule has 5 unspecified atom stereocenters. The van der Waals surface area contributed by atoms with Crippen molar-refractivity contribution in [1.29, 1.82) is 0 Å². The summed E-state index contributed by atoms with van der Waals surface area (Å²) in [6.45, 7) is 4.42. The lowest BCUT2D eigenvalue weighted by atomic mass is 9.77. The van der Waals surface area contributed by atoms with E-state index in [1.807, 2.05) is 48.5 Å². The van der Waals surface area contributed by atoms with Gasteiger partial charge in [0.1, 0.15) is 18.3 Å². The molecule has 2 bridgehead atoms. The summed E-state index contributed by atoms with van der Waals surface area (Å²) in [6, 6.07) is 23.6. The van der Waals surface area contributed by atoms with Gasteiger partial charge in [-0.15, -0.1) is 0 Å². The molecule has 220 valence electrons. The Morgan fingerprint density at radius 1 is 1.02 bits per heavy atom. The number of aliphatic hydroxyl groups excluding tert-OH is 1. The van der Waals surface area contributed by atoms with E-state index in [4.69, 9.17) is 9.47 Å². The van der Waals surface area contributed by atoms with Gasteiger partial charge in [-0.2, -0.15) is 0 Å². The number of nitrogens with one attached hydrogen (secondary N) is 2. The molecule has 0 spiro atoms.